The van der Waals surface area contributed by atoms with E-state index in [-0.39, 0.29) is 6.04 Å². The van der Waals surface area contributed by atoms with E-state index in [1.54, 1.807) is 6.20 Å². The number of nitrogens with zero attached hydrogens (tertiary/aromatic N) is 1. The number of aromatic nitrogens is 1. The van der Waals surface area contributed by atoms with Gasteiger partial charge in [0.1, 0.15) is 5.75 Å². The van der Waals surface area contributed by atoms with Crippen molar-refractivity contribution in [1.82, 2.24) is 4.98 Å². The van der Waals surface area contributed by atoms with Crippen LogP contribution in [-0.2, 0) is 0 Å². The molecule has 0 radical (unpaired) electrons. The molecular formula is C17H22N2O. The monoisotopic (exact) mass is 270 g/mol. The summed E-state index contributed by atoms with van der Waals surface area (Å²) in [7, 11) is 0. The van der Waals surface area contributed by atoms with Gasteiger partial charge in [-0.15, -0.1) is 0 Å². The highest BCUT2D eigenvalue weighted by Gasteiger charge is 2.10. The maximum Gasteiger partial charge on any atom is 0.219 e. The molecule has 3 heteroatoms. The first kappa shape index (κ1) is 14.5. The number of aryl methyl sites for hydroxylation is 1. The molecule has 0 fully saturated rings. The van der Waals surface area contributed by atoms with Crippen LogP contribution in [0.1, 0.15) is 49.4 Å². The fourth-order valence-electron chi connectivity index (χ4n) is 2.04. The lowest BCUT2D eigenvalue weighted by Crippen LogP contribution is -2.05. The molecule has 2 N–H and O–H groups in total. The van der Waals surface area contributed by atoms with Crippen LogP contribution in [0.2, 0.25) is 0 Å². The van der Waals surface area contributed by atoms with Gasteiger partial charge in [0.25, 0.3) is 0 Å². The van der Waals surface area contributed by atoms with Crippen LogP contribution in [0.15, 0.2) is 36.5 Å². The van der Waals surface area contributed by atoms with E-state index in [0.717, 1.165) is 11.3 Å². The van der Waals surface area contributed by atoms with Crippen molar-refractivity contribution in [1.29, 1.82) is 0 Å². The van der Waals surface area contributed by atoms with Gasteiger partial charge in [-0.3, -0.25) is 0 Å². The second kappa shape index (κ2) is 6.06. The minimum atomic E-state index is -0.0123. The molecule has 0 aliphatic rings. The Morgan fingerprint density at radius 2 is 1.85 bits per heavy atom. The summed E-state index contributed by atoms with van der Waals surface area (Å²) in [4.78, 5) is 4.32. The lowest BCUT2D eigenvalue weighted by atomic mass is 10.0. The van der Waals surface area contributed by atoms with Crippen molar-refractivity contribution in [2.24, 2.45) is 5.73 Å². The minimum Gasteiger partial charge on any atom is -0.439 e. The number of ether oxygens (including phenoxy) is 1. The highest BCUT2D eigenvalue weighted by Crippen LogP contribution is 2.30. The number of nitrogens with two attached hydrogens (primary N) is 1. The number of hydrogen-bond acceptors (Lipinski definition) is 3. The first-order valence-electron chi connectivity index (χ1n) is 6.97. The zero-order chi connectivity index (χ0) is 14.7. The summed E-state index contributed by atoms with van der Waals surface area (Å²) in [5.74, 6) is 1.89. The summed E-state index contributed by atoms with van der Waals surface area (Å²) in [6.07, 6.45) is 1.77. The predicted octanol–water partition coefficient (Wildman–Crippen LogP) is 4.33. The smallest absolute Gasteiger partial charge is 0.219 e. The van der Waals surface area contributed by atoms with Gasteiger partial charge in [0.15, 0.2) is 0 Å². The van der Waals surface area contributed by atoms with Crippen molar-refractivity contribution in [3.8, 4) is 11.6 Å². The van der Waals surface area contributed by atoms with Crippen LogP contribution in [0.25, 0.3) is 0 Å². The maximum atomic E-state index is 5.93. The molecule has 3 nitrogen and oxygen atoms in total. The largest absolute Gasteiger partial charge is 0.439 e. The molecule has 0 saturated carbocycles. The van der Waals surface area contributed by atoms with Crippen molar-refractivity contribution in [2.45, 2.75) is 39.7 Å². The van der Waals surface area contributed by atoms with Crippen LogP contribution >= 0.6 is 0 Å². The lowest BCUT2D eigenvalue weighted by molar-refractivity contribution is 0.453. The van der Waals surface area contributed by atoms with Gasteiger partial charge in [0.2, 0.25) is 5.88 Å². The highest BCUT2D eigenvalue weighted by molar-refractivity contribution is 5.41. The molecule has 1 aromatic heterocycles. The van der Waals surface area contributed by atoms with E-state index in [9.17, 15) is 0 Å². The summed E-state index contributed by atoms with van der Waals surface area (Å²) in [5.41, 5.74) is 9.19. The van der Waals surface area contributed by atoms with E-state index < -0.39 is 0 Å². The number of rotatable bonds is 4. The fraction of sp³-hybridized carbons (Fsp3) is 0.353. The molecule has 1 unspecified atom stereocenters. The van der Waals surface area contributed by atoms with Gasteiger partial charge in [0, 0.05) is 18.3 Å². The van der Waals surface area contributed by atoms with Gasteiger partial charge in [-0.1, -0.05) is 32.0 Å². The summed E-state index contributed by atoms with van der Waals surface area (Å²) >= 11 is 0. The quantitative estimate of drug-likeness (QED) is 0.899. The molecule has 0 aliphatic heterocycles. The van der Waals surface area contributed by atoms with E-state index >= 15 is 0 Å². The van der Waals surface area contributed by atoms with Gasteiger partial charge < -0.3 is 10.5 Å². The van der Waals surface area contributed by atoms with Crippen LogP contribution in [0.5, 0.6) is 11.6 Å². The van der Waals surface area contributed by atoms with E-state index in [2.05, 4.69) is 44.0 Å². The molecule has 20 heavy (non-hydrogen) atoms. The Morgan fingerprint density at radius 3 is 2.40 bits per heavy atom. The van der Waals surface area contributed by atoms with Crippen LogP contribution in [0.4, 0.5) is 0 Å². The number of benzene rings is 1. The molecule has 0 aliphatic carbocycles. The van der Waals surface area contributed by atoms with Gasteiger partial charge >= 0.3 is 0 Å². The first-order valence-corrected chi connectivity index (χ1v) is 6.97. The molecule has 2 aromatic rings. The second-order valence-corrected chi connectivity index (χ2v) is 5.52. The highest BCUT2D eigenvalue weighted by atomic mass is 16.5. The first-order chi connectivity index (χ1) is 9.47. The molecule has 0 amide bonds. The van der Waals surface area contributed by atoms with E-state index in [4.69, 9.17) is 10.5 Å². The van der Waals surface area contributed by atoms with Gasteiger partial charge in [0.05, 0.1) is 0 Å². The van der Waals surface area contributed by atoms with Crippen LogP contribution in [0, 0.1) is 6.92 Å². The third kappa shape index (κ3) is 3.36. The average molecular weight is 270 g/mol. The molecule has 0 bridgehead atoms. The van der Waals surface area contributed by atoms with Crippen molar-refractivity contribution >= 4 is 0 Å². The summed E-state index contributed by atoms with van der Waals surface area (Å²) in [6.45, 7) is 8.31. The fourth-order valence-corrected chi connectivity index (χ4v) is 2.04. The van der Waals surface area contributed by atoms with Crippen LogP contribution in [-0.4, -0.2) is 4.98 Å². The molecular weight excluding hydrogens is 248 g/mol. The van der Waals surface area contributed by atoms with Crippen molar-refractivity contribution in [2.75, 3.05) is 0 Å². The number of pyridine rings is 1. The van der Waals surface area contributed by atoms with Gasteiger partial charge in [-0.2, -0.15) is 0 Å². The zero-order valence-corrected chi connectivity index (χ0v) is 12.6. The Labute approximate surface area is 120 Å². The summed E-state index contributed by atoms with van der Waals surface area (Å²) in [5, 5.41) is 0. The molecule has 0 saturated heterocycles. The minimum absolute atomic E-state index is 0.0123. The lowest BCUT2D eigenvalue weighted by Gasteiger charge is -2.14. The van der Waals surface area contributed by atoms with Crippen LogP contribution in [0.3, 0.4) is 0 Å². The van der Waals surface area contributed by atoms with Gasteiger partial charge in [-0.05, 0) is 42.5 Å². The van der Waals surface area contributed by atoms with E-state index in [0.29, 0.717) is 11.8 Å². The Balaban J connectivity index is 2.27. The molecule has 1 heterocycles. The van der Waals surface area contributed by atoms with Crippen molar-refractivity contribution in [3.05, 3.63) is 53.2 Å². The molecule has 2 rings (SSSR count). The molecule has 0 spiro atoms. The molecule has 1 aromatic carbocycles. The number of hydrogen-bond donors (Lipinski definition) is 1. The maximum absolute atomic E-state index is 5.93. The van der Waals surface area contributed by atoms with Crippen molar-refractivity contribution < 1.29 is 4.74 Å². The SMILES string of the molecule is Cc1ccc(C(C)C)c(Oc2ccc(C(C)N)cn2)c1. The second-order valence-electron chi connectivity index (χ2n) is 5.52. The zero-order valence-electron chi connectivity index (χ0n) is 12.6. The Bertz CT molecular complexity index is 574. The Hall–Kier alpha value is -1.87. The van der Waals surface area contributed by atoms with Gasteiger partial charge in [-0.25, -0.2) is 4.98 Å². The molecule has 1 atom stereocenters. The third-order valence-corrected chi connectivity index (χ3v) is 3.29. The van der Waals surface area contributed by atoms with E-state index in [1.807, 2.05) is 19.1 Å². The standard InChI is InChI=1S/C17H22N2O/c1-11(2)15-7-5-12(3)9-16(15)20-17-8-6-14(10-19-17)13(4)18/h5-11,13H,18H2,1-4H3. The predicted molar refractivity (Wildman–Crippen MR) is 82.2 cm³/mol. The van der Waals surface area contributed by atoms with Crippen LogP contribution < -0.4 is 10.5 Å². The van der Waals surface area contributed by atoms with Crippen molar-refractivity contribution in [3.63, 3.8) is 0 Å². The third-order valence-electron chi connectivity index (χ3n) is 3.29. The summed E-state index contributed by atoms with van der Waals surface area (Å²) < 4.78 is 5.93. The average Bonchev–Trinajstić information content (AvgIpc) is 2.39. The topological polar surface area (TPSA) is 48.1 Å². The van der Waals surface area contributed by atoms with E-state index in [1.165, 1.54) is 11.1 Å². The normalized spacial score (nSPS) is 12.5. The summed E-state index contributed by atoms with van der Waals surface area (Å²) in [6, 6.07) is 10.1. The molecule has 106 valence electrons. The Morgan fingerprint density at radius 1 is 1.10 bits per heavy atom. The Kier molecular flexibility index (Phi) is 4.40.